The second-order valence-electron chi connectivity index (χ2n) is 6.17. The number of nitriles is 1. The van der Waals surface area contributed by atoms with E-state index in [1.165, 1.54) is 5.69 Å². The second-order valence-corrected chi connectivity index (χ2v) is 6.17. The van der Waals surface area contributed by atoms with Crippen molar-refractivity contribution >= 4 is 11.6 Å². The number of carbonyl (C=O) groups is 1. The van der Waals surface area contributed by atoms with Gasteiger partial charge in [-0.1, -0.05) is 24.3 Å². The van der Waals surface area contributed by atoms with E-state index in [9.17, 15) is 4.79 Å². The number of hydrogen-bond acceptors (Lipinski definition) is 4. The summed E-state index contributed by atoms with van der Waals surface area (Å²) in [6.45, 7) is 2.59. The largest absolute Gasteiger partial charge is 0.484 e. The van der Waals surface area contributed by atoms with Gasteiger partial charge in [0.05, 0.1) is 11.6 Å². The number of para-hydroxylation sites is 1. The molecule has 0 radical (unpaired) electrons. The van der Waals surface area contributed by atoms with Gasteiger partial charge in [-0.2, -0.15) is 5.26 Å². The van der Waals surface area contributed by atoms with Crippen LogP contribution in [0.15, 0.2) is 54.6 Å². The summed E-state index contributed by atoms with van der Waals surface area (Å²) in [5, 5.41) is 11.8. The predicted molar refractivity (Wildman–Crippen MR) is 96.4 cm³/mol. The molecule has 1 fully saturated rings. The molecule has 1 atom stereocenters. The van der Waals surface area contributed by atoms with Crippen LogP contribution in [0.3, 0.4) is 0 Å². The SMILES string of the molecule is N#Cc1cccc(OCC(=O)NC[C@@H]2CCN(c3ccccc3)C2)c1. The maximum Gasteiger partial charge on any atom is 0.257 e. The summed E-state index contributed by atoms with van der Waals surface area (Å²) in [5.74, 6) is 0.844. The molecule has 5 nitrogen and oxygen atoms in total. The zero-order valence-electron chi connectivity index (χ0n) is 14.0. The molecule has 0 aromatic heterocycles. The summed E-state index contributed by atoms with van der Waals surface area (Å²) in [6, 6.07) is 19.2. The minimum atomic E-state index is -0.138. The van der Waals surface area contributed by atoms with E-state index in [1.54, 1.807) is 24.3 Å². The zero-order chi connectivity index (χ0) is 17.5. The van der Waals surface area contributed by atoms with Crippen LogP contribution in [-0.2, 0) is 4.79 Å². The molecule has 1 saturated heterocycles. The third-order valence-corrected chi connectivity index (χ3v) is 4.33. The molecule has 2 aromatic carbocycles. The first-order valence-corrected chi connectivity index (χ1v) is 8.44. The van der Waals surface area contributed by atoms with Crippen LogP contribution in [0.1, 0.15) is 12.0 Å². The van der Waals surface area contributed by atoms with Gasteiger partial charge in [0.2, 0.25) is 0 Å². The molecule has 1 heterocycles. The van der Waals surface area contributed by atoms with Crippen molar-refractivity contribution in [3.63, 3.8) is 0 Å². The Labute approximate surface area is 147 Å². The molecule has 1 amide bonds. The van der Waals surface area contributed by atoms with Gasteiger partial charge in [0.25, 0.3) is 5.91 Å². The van der Waals surface area contributed by atoms with Gasteiger partial charge in [0, 0.05) is 25.3 Å². The lowest BCUT2D eigenvalue weighted by Gasteiger charge is -2.18. The van der Waals surface area contributed by atoms with Gasteiger partial charge in [0.1, 0.15) is 5.75 Å². The Hall–Kier alpha value is -3.00. The van der Waals surface area contributed by atoms with E-state index in [1.807, 2.05) is 24.3 Å². The second kappa shape index (κ2) is 8.20. The van der Waals surface area contributed by atoms with Crippen LogP contribution >= 0.6 is 0 Å². The van der Waals surface area contributed by atoms with E-state index < -0.39 is 0 Å². The van der Waals surface area contributed by atoms with E-state index in [-0.39, 0.29) is 12.5 Å². The number of carbonyl (C=O) groups excluding carboxylic acids is 1. The molecule has 0 unspecified atom stereocenters. The van der Waals surface area contributed by atoms with Gasteiger partial charge in [-0.3, -0.25) is 4.79 Å². The molecule has 0 spiro atoms. The first kappa shape index (κ1) is 16.8. The Morgan fingerprint density at radius 1 is 1.24 bits per heavy atom. The Bertz CT molecular complexity index is 755. The summed E-state index contributed by atoms with van der Waals surface area (Å²) in [4.78, 5) is 14.3. The Kier molecular flexibility index (Phi) is 5.53. The highest BCUT2D eigenvalue weighted by Gasteiger charge is 2.22. The molecule has 128 valence electrons. The van der Waals surface area contributed by atoms with Crippen molar-refractivity contribution in [3.05, 3.63) is 60.2 Å². The van der Waals surface area contributed by atoms with Crippen molar-refractivity contribution in [2.24, 2.45) is 5.92 Å². The van der Waals surface area contributed by atoms with Crippen molar-refractivity contribution in [1.29, 1.82) is 5.26 Å². The summed E-state index contributed by atoms with van der Waals surface area (Å²) in [5.41, 5.74) is 1.75. The molecule has 0 saturated carbocycles. The molecule has 0 aliphatic carbocycles. The summed E-state index contributed by atoms with van der Waals surface area (Å²) < 4.78 is 5.44. The van der Waals surface area contributed by atoms with Crippen molar-refractivity contribution in [3.8, 4) is 11.8 Å². The quantitative estimate of drug-likeness (QED) is 0.881. The van der Waals surface area contributed by atoms with E-state index in [0.29, 0.717) is 23.8 Å². The average molecular weight is 335 g/mol. The number of nitrogens with zero attached hydrogens (tertiary/aromatic N) is 2. The Morgan fingerprint density at radius 2 is 2.08 bits per heavy atom. The van der Waals surface area contributed by atoms with E-state index in [2.05, 4.69) is 22.3 Å². The first-order valence-electron chi connectivity index (χ1n) is 8.44. The molecular formula is C20H21N3O2. The van der Waals surface area contributed by atoms with Crippen LogP contribution in [0.2, 0.25) is 0 Å². The van der Waals surface area contributed by atoms with Gasteiger partial charge in [-0.05, 0) is 42.7 Å². The number of benzene rings is 2. The minimum absolute atomic E-state index is 0.0377. The number of amides is 1. The number of ether oxygens (including phenoxy) is 1. The normalized spacial score (nSPS) is 16.3. The molecule has 2 aromatic rings. The monoisotopic (exact) mass is 335 g/mol. The standard InChI is InChI=1S/C20H21N3O2/c21-12-16-5-4-8-19(11-16)25-15-20(24)22-13-17-9-10-23(14-17)18-6-2-1-3-7-18/h1-8,11,17H,9-10,13-15H2,(H,22,24)/t17-/m0/s1. The molecular weight excluding hydrogens is 314 g/mol. The zero-order valence-corrected chi connectivity index (χ0v) is 14.0. The van der Waals surface area contributed by atoms with Crippen molar-refractivity contribution < 1.29 is 9.53 Å². The molecule has 3 rings (SSSR count). The number of rotatable bonds is 6. The van der Waals surface area contributed by atoms with Crippen LogP contribution in [0.5, 0.6) is 5.75 Å². The smallest absolute Gasteiger partial charge is 0.257 e. The van der Waals surface area contributed by atoms with Gasteiger partial charge in [-0.15, -0.1) is 0 Å². The predicted octanol–water partition coefficient (Wildman–Crippen LogP) is 2.58. The molecule has 1 N–H and O–H groups in total. The van der Waals surface area contributed by atoms with Gasteiger partial charge in [-0.25, -0.2) is 0 Å². The Balaban J connectivity index is 1.40. The van der Waals surface area contributed by atoms with Gasteiger partial charge in [0.15, 0.2) is 6.61 Å². The van der Waals surface area contributed by atoms with Crippen LogP contribution in [0.25, 0.3) is 0 Å². The third-order valence-electron chi connectivity index (χ3n) is 4.33. The highest BCUT2D eigenvalue weighted by molar-refractivity contribution is 5.77. The Morgan fingerprint density at radius 3 is 2.88 bits per heavy atom. The molecule has 1 aliphatic rings. The van der Waals surface area contributed by atoms with Crippen LogP contribution in [0.4, 0.5) is 5.69 Å². The molecule has 5 heteroatoms. The van der Waals surface area contributed by atoms with Crippen molar-refractivity contribution in [2.75, 3.05) is 31.1 Å². The van der Waals surface area contributed by atoms with E-state index in [0.717, 1.165) is 19.5 Å². The minimum Gasteiger partial charge on any atom is -0.484 e. The van der Waals surface area contributed by atoms with Gasteiger partial charge >= 0.3 is 0 Å². The third kappa shape index (κ3) is 4.74. The summed E-state index contributed by atoms with van der Waals surface area (Å²) in [6.07, 6.45) is 1.07. The number of hydrogen-bond donors (Lipinski definition) is 1. The maximum absolute atomic E-state index is 12.0. The molecule has 25 heavy (non-hydrogen) atoms. The number of anilines is 1. The van der Waals surface area contributed by atoms with Crippen molar-refractivity contribution in [1.82, 2.24) is 5.32 Å². The maximum atomic E-state index is 12.0. The van der Waals surface area contributed by atoms with Gasteiger partial charge < -0.3 is 15.0 Å². The van der Waals surface area contributed by atoms with Crippen LogP contribution in [-0.4, -0.2) is 32.1 Å². The fourth-order valence-corrected chi connectivity index (χ4v) is 2.99. The summed E-state index contributed by atoms with van der Waals surface area (Å²) >= 11 is 0. The highest BCUT2D eigenvalue weighted by Crippen LogP contribution is 2.22. The van der Waals surface area contributed by atoms with Crippen LogP contribution < -0.4 is 15.0 Å². The lowest BCUT2D eigenvalue weighted by Crippen LogP contribution is -2.34. The highest BCUT2D eigenvalue weighted by atomic mass is 16.5. The first-order chi connectivity index (χ1) is 12.2. The number of nitrogens with one attached hydrogen (secondary N) is 1. The lowest BCUT2D eigenvalue weighted by molar-refractivity contribution is -0.123. The van der Waals surface area contributed by atoms with E-state index in [4.69, 9.17) is 10.00 Å². The van der Waals surface area contributed by atoms with Crippen molar-refractivity contribution in [2.45, 2.75) is 6.42 Å². The fraction of sp³-hybridized carbons (Fsp3) is 0.300. The summed E-state index contributed by atoms with van der Waals surface area (Å²) in [7, 11) is 0. The average Bonchev–Trinajstić information content (AvgIpc) is 3.15. The van der Waals surface area contributed by atoms with Crippen LogP contribution in [0, 0.1) is 17.2 Å². The lowest BCUT2D eigenvalue weighted by atomic mass is 10.1. The molecule has 0 bridgehead atoms. The van der Waals surface area contributed by atoms with E-state index >= 15 is 0 Å². The molecule has 1 aliphatic heterocycles. The topological polar surface area (TPSA) is 65.4 Å². The fourth-order valence-electron chi connectivity index (χ4n) is 2.99.